The van der Waals surface area contributed by atoms with Gasteiger partial charge in [-0.2, -0.15) is 0 Å². The third-order valence-electron chi connectivity index (χ3n) is 2.83. The first-order chi connectivity index (χ1) is 8.70. The van der Waals surface area contributed by atoms with Crippen LogP contribution in [0.5, 0.6) is 5.75 Å². The fraction of sp³-hybridized carbons (Fsp3) is 0.214. The zero-order valence-electron chi connectivity index (χ0n) is 10.6. The van der Waals surface area contributed by atoms with Crippen LogP contribution in [-0.2, 0) is 6.54 Å². The molecular formula is C14H17N3O. The maximum absolute atomic E-state index is 5.88. The molecule has 1 aromatic heterocycles. The zero-order chi connectivity index (χ0) is 13.0. The molecule has 1 heterocycles. The number of nitrogen functional groups attached to an aromatic ring is 1. The molecule has 4 nitrogen and oxygen atoms in total. The molecule has 0 fully saturated rings. The Labute approximate surface area is 107 Å². The lowest BCUT2D eigenvalue weighted by Gasteiger charge is -2.19. The van der Waals surface area contributed by atoms with Crippen LogP contribution in [0.25, 0.3) is 0 Å². The number of methoxy groups -OCH3 is 1. The summed E-state index contributed by atoms with van der Waals surface area (Å²) in [6.07, 6.45) is 1.76. The number of hydrogen-bond donors (Lipinski definition) is 1. The van der Waals surface area contributed by atoms with Crippen molar-refractivity contribution in [1.82, 2.24) is 4.98 Å². The van der Waals surface area contributed by atoms with Crippen LogP contribution < -0.4 is 15.4 Å². The van der Waals surface area contributed by atoms with Gasteiger partial charge in [0.1, 0.15) is 5.75 Å². The fourth-order valence-electron chi connectivity index (χ4n) is 1.74. The summed E-state index contributed by atoms with van der Waals surface area (Å²) in [5, 5.41) is 0. The average Bonchev–Trinajstić information content (AvgIpc) is 2.41. The van der Waals surface area contributed by atoms with Crippen LogP contribution in [0.15, 0.2) is 42.6 Å². The maximum atomic E-state index is 5.88. The van der Waals surface area contributed by atoms with E-state index in [0.29, 0.717) is 6.54 Å². The summed E-state index contributed by atoms with van der Waals surface area (Å²) in [5.41, 5.74) is 8.59. The highest BCUT2D eigenvalue weighted by Gasteiger charge is 2.05. The Hall–Kier alpha value is -2.23. The lowest BCUT2D eigenvalue weighted by molar-refractivity contribution is 0.415. The molecule has 4 heteroatoms. The third-order valence-corrected chi connectivity index (χ3v) is 2.83. The number of rotatable bonds is 4. The van der Waals surface area contributed by atoms with Crippen molar-refractivity contribution in [2.24, 2.45) is 0 Å². The Morgan fingerprint density at radius 2 is 1.94 bits per heavy atom. The standard InChI is InChI=1S/C14H17N3O/c1-17(10-14-13(15)4-3-9-16-14)11-5-7-12(18-2)8-6-11/h3-9H,10,15H2,1-2H3. The van der Waals surface area contributed by atoms with E-state index in [0.717, 1.165) is 22.8 Å². The van der Waals surface area contributed by atoms with Crippen molar-refractivity contribution in [2.75, 3.05) is 24.8 Å². The van der Waals surface area contributed by atoms with E-state index in [9.17, 15) is 0 Å². The smallest absolute Gasteiger partial charge is 0.119 e. The van der Waals surface area contributed by atoms with Gasteiger partial charge >= 0.3 is 0 Å². The largest absolute Gasteiger partial charge is 0.497 e. The first kappa shape index (κ1) is 12.2. The monoisotopic (exact) mass is 243 g/mol. The van der Waals surface area contributed by atoms with Crippen molar-refractivity contribution in [3.63, 3.8) is 0 Å². The summed E-state index contributed by atoms with van der Waals surface area (Å²) >= 11 is 0. The van der Waals surface area contributed by atoms with Crippen LogP contribution in [-0.4, -0.2) is 19.1 Å². The van der Waals surface area contributed by atoms with Gasteiger partial charge in [-0.3, -0.25) is 4.98 Å². The molecule has 2 aromatic rings. The van der Waals surface area contributed by atoms with E-state index < -0.39 is 0 Å². The molecule has 0 unspecified atom stereocenters. The highest BCUT2D eigenvalue weighted by Crippen LogP contribution is 2.20. The molecule has 0 saturated carbocycles. The Morgan fingerprint density at radius 1 is 1.22 bits per heavy atom. The molecule has 18 heavy (non-hydrogen) atoms. The van der Waals surface area contributed by atoms with Gasteiger partial charge in [-0.15, -0.1) is 0 Å². The summed E-state index contributed by atoms with van der Waals surface area (Å²) in [4.78, 5) is 6.38. The number of nitrogens with two attached hydrogens (primary N) is 1. The zero-order valence-corrected chi connectivity index (χ0v) is 10.6. The number of pyridine rings is 1. The molecule has 0 radical (unpaired) electrons. The van der Waals surface area contributed by atoms with Gasteiger partial charge in [0.05, 0.1) is 25.0 Å². The normalized spacial score (nSPS) is 10.1. The van der Waals surface area contributed by atoms with Crippen LogP contribution in [0.1, 0.15) is 5.69 Å². The lowest BCUT2D eigenvalue weighted by Crippen LogP contribution is -2.18. The summed E-state index contributed by atoms with van der Waals surface area (Å²) in [5.74, 6) is 0.851. The number of nitrogens with zero attached hydrogens (tertiary/aromatic N) is 2. The molecule has 0 bridgehead atoms. The molecule has 0 spiro atoms. The van der Waals surface area contributed by atoms with Crippen molar-refractivity contribution >= 4 is 11.4 Å². The molecule has 0 aliphatic heterocycles. The quantitative estimate of drug-likeness (QED) is 0.895. The maximum Gasteiger partial charge on any atom is 0.119 e. The molecule has 1 aromatic carbocycles. The second-order valence-corrected chi connectivity index (χ2v) is 4.09. The van der Waals surface area contributed by atoms with Gasteiger partial charge in [0.25, 0.3) is 0 Å². The number of hydrogen-bond acceptors (Lipinski definition) is 4. The number of anilines is 2. The van der Waals surface area contributed by atoms with E-state index in [1.165, 1.54) is 0 Å². The van der Waals surface area contributed by atoms with E-state index in [1.807, 2.05) is 43.4 Å². The molecule has 2 N–H and O–H groups in total. The number of ether oxygens (including phenoxy) is 1. The SMILES string of the molecule is COc1ccc(N(C)Cc2ncccc2N)cc1. The second kappa shape index (κ2) is 5.40. The van der Waals surface area contributed by atoms with Gasteiger partial charge in [-0.05, 0) is 36.4 Å². The summed E-state index contributed by atoms with van der Waals surface area (Å²) in [6.45, 7) is 0.680. The minimum Gasteiger partial charge on any atom is -0.497 e. The predicted octanol–water partition coefficient (Wildman–Crippen LogP) is 2.31. The first-order valence-electron chi connectivity index (χ1n) is 5.75. The van der Waals surface area contributed by atoms with E-state index in [-0.39, 0.29) is 0 Å². The molecular weight excluding hydrogens is 226 g/mol. The van der Waals surface area contributed by atoms with Crippen molar-refractivity contribution in [3.8, 4) is 5.75 Å². The third kappa shape index (κ3) is 2.71. The highest BCUT2D eigenvalue weighted by molar-refractivity contribution is 5.51. The molecule has 0 aliphatic carbocycles. The van der Waals surface area contributed by atoms with Gasteiger partial charge in [-0.25, -0.2) is 0 Å². The minimum atomic E-state index is 0.680. The summed E-state index contributed by atoms with van der Waals surface area (Å²) < 4.78 is 5.14. The molecule has 0 aliphatic rings. The van der Waals surface area contributed by atoms with Crippen molar-refractivity contribution in [2.45, 2.75) is 6.54 Å². The molecule has 2 rings (SSSR count). The van der Waals surface area contributed by atoms with Gasteiger partial charge < -0.3 is 15.4 Å². The van der Waals surface area contributed by atoms with Crippen LogP contribution in [0.3, 0.4) is 0 Å². The van der Waals surface area contributed by atoms with Gasteiger partial charge in [-0.1, -0.05) is 0 Å². The second-order valence-electron chi connectivity index (χ2n) is 4.09. The van der Waals surface area contributed by atoms with Crippen molar-refractivity contribution < 1.29 is 4.74 Å². The van der Waals surface area contributed by atoms with Crippen LogP contribution in [0.2, 0.25) is 0 Å². The Balaban J connectivity index is 2.11. The number of aromatic nitrogens is 1. The number of benzene rings is 1. The minimum absolute atomic E-state index is 0.680. The van der Waals surface area contributed by atoms with Gasteiger partial charge in [0.2, 0.25) is 0 Å². The Kier molecular flexibility index (Phi) is 3.67. The molecule has 0 amide bonds. The lowest BCUT2D eigenvalue weighted by atomic mass is 10.2. The van der Waals surface area contributed by atoms with Crippen molar-refractivity contribution in [3.05, 3.63) is 48.3 Å². The first-order valence-corrected chi connectivity index (χ1v) is 5.75. The van der Waals surface area contributed by atoms with Crippen molar-refractivity contribution in [1.29, 1.82) is 0 Å². The van der Waals surface area contributed by atoms with Crippen LogP contribution in [0, 0.1) is 0 Å². The average molecular weight is 243 g/mol. The van der Waals surface area contributed by atoms with E-state index in [4.69, 9.17) is 10.5 Å². The summed E-state index contributed by atoms with van der Waals surface area (Å²) in [7, 11) is 3.67. The molecule has 94 valence electrons. The van der Waals surface area contributed by atoms with Crippen LogP contribution in [0.4, 0.5) is 11.4 Å². The van der Waals surface area contributed by atoms with Crippen LogP contribution >= 0.6 is 0 Å². The van der Waals surface area contributed by atoms with E-state index >= 15 is 0 Å². The highest BCUT2D eigenvalue weighted by atomic mass is 16.5. The molecule has 0 saturated heterocycles. The Bertz CT molecular complexity index is 511. The fourth-order valence-corrected chi connectivity index (χ4v) is 1.74. The predicted molar refractivity (Wildman–Crippen MR) is 73.8 cm³/mol. The van der Waals surface area contributed by atoms with Gasteiger partial charge in [0.15, 0.2) is 0 Å². The molecule has 0 atom stereocenters. The summed E-state index contributed by atoms with van der Waals surface area (Å²) in [6, 6.07) is 11.6. The van der Waals surface area contributed by atoms with E-state index in [1.54, 1.807) is 13.3 Å². The van der Waals surface area contributed by atoms with E-state index in [2.05, 4.69) is 9.88 Å². The Morgan fingerprint density at radius 3 is 2.56 bits per heavy atom. The topological polar surface area (TPSA) is 51.4 Å². The van der Waals surface area contributed by atoms with Gasteiger partial charge in [0, 0.05) is 18.9 Å².